The molecule has 0 fully saturated rings. The van der Waals surface area contributed by atoms with Crippen molar-refractivity contribution in [3.8, 4) is 0 Å². The van der Waals surface area contributed by atoms with Crippen molar-refractivity contribution in [2.75, 3.05) is 18.5 Å². The number of H-pyrrole nitrogens is 1. The highest BCUT2D eigenvalue weighted by Crippen LogP contribution is 2.33. The topological polar surface area (TPSA) is 99.3 Å². The normalized spacial score (nSPS) is 11.0. The Labute approximate surface area is 159 Å². The second-order valence-electron chi connectivity index (χ2n) is 5.94. The fourth-order valence-corrected chi connectivity index (χ4v) is 2.89. The molecule has 0 spiro atoms. The van der Waals surface area contributed by atoms with Crippen LogP contribution in [0, 0.1) is 19.7 Å². The van der Waals surface area contributed by atoms with Crippen LogP contribution in [0.4, 0.5) is 15.8 Å². The number of fused-ring (bicyclic) bond motifs is 1. The number of aliphatic hydroxyl groups excluding tert-OH is 1. The molecule has 1 amide bonds. The van der Waals surface area contributed by atoms with E-state index >= 15 is 4.39 Å². The second-order valence-corrected chi connectivity index (χ2v) is 6.35. The number of carbonyl (C=O) groups excluding carboxylic acids is 1. The molecule has 4 N–H and O–H groups in total. The molecule has 7 nitrogen and oxygen atoms in total. The molecule has 0 aliphatic heterocycles. The van der Waals surface area contributed by atoms with E-state index in [0.29, 0.717) is 22.1 Å². The average Bonchev–Trinajstić information content (AvgIpc) is 3.00. The van der Waals surface area contributed by atoms with E-state index in [9.17, 15) is 4.79 Å². The zero-order valence-corrected chi connectivity index (χ0v) is 15.4. The molecule has 3 rings (SSSR count). The van der Waals surface area contributed by atoms with Gasteiger partial charge in [-0.2, -0.15) is 0 Å². The zero-order chi connectivity index (χ0) is 19.6. The minimum Gasteiger partial charge on any atom is -0.394 e. The minimum absolute atomic E-state index is 0.00164. The van der Waals surface area contributed by atoms with E-state index < -0.39 is 11.7 Å². The first kappa shape index (κ1) is 19.1. The number of halogens is 2. The van der Waals surface area contributed by atoms with E-state index in [1.165, 1.54) is 6.07 Å². The largest absolute Gasteiger partial charge is 0.394 e. The minimum atomic E-state index is -0.694. The van der Waals surface area contributed by atoms with Crippen LogP contribution >= 0.6 is 11.6 Å². The maximum absolute atomic E-state index is 15.1. The first-order chi connectivity index (χ1) is 12.9. The monoisotopic (exact) mass is 392 g/mol. The number of hydrogen-bond acceptors (Lipinski definition) is 5. The van der Waals surface area contributed by atoms with Crippen LogP contribution in [0.1, 0.15) is 21.7 Å². The molecule has 0 bridgehead atoms. The van der Waals surface area contributed by atoms with Crippen LogP contribution in [0.15, 0.2) is 24.3 Å². The van der Waals surface area contributed by atoms with Gasteiger partial charge in [0.25, 0.3) is 5.91 Å². The van der Waals surface area contributed by atoms with Gasteiger partial charge in [-0.05, 0) is 37.6 Å². The molecule has 0 aliphatic rings. The van der Waals surface area contributed by atoms with Crippen molar-refractivity contribution >= 4 is 39.9 Å². The standard InChI is InChI=1S/C18H18ClFN4O3/c1-9-3-4-13(12(19)7-9)23-16-11(18(26)24-27-6-5-25)8-14-17(15(16)20)22-10(2)21-14/h3-4,7-8,23,25H,5-6H2,1-2H3,(H,21,22)(H,24,26). The van der Waals surface area contributed by atoms with E-state index in [0.717, 1.165) is 5.56 Å². The van der Waals surface area contributed by atoms with Crippen molar-refractivity contribution in [3.05, 3.63) is 52.1 Å². The number of amides is 1. The lowest BCUT2D eigenvalue weighted by molar-refractivity contribution is 0.0169. The molecule has 1 aromatic heterocycles. The molecule has 142 valence electrons. The summed E-state index contributed by atoms with van der Waals surface area (Å²) in [7, 11) is 0. The third-order valence-corrected chi connectivity index (χ3v) is 4.14. The lowest BCUT2D eigenvalue weighted by Crippen LogP contribution is -2.26. The van der Waals surface area contributed by atoms with Gasteiger partial charge in [-0.15, -0.1) is 0 Å². The lowest BCUT2D eigenvalue weighted by atomic mass is 10.1. The number of hydrogen-bond donors (Lipinski definition) is 4. The number of hydroxylamine groups is 1. The van der Waals surface area contributed by atoms with Gasteiger partial charge in [0, 0.05) is 0 Å². The highest BCUT2D eigenvalue weighted by Gasteiger charge is 2.22. The third kappa shape index (κ3) is 4.02. The zero-order valence-electron chi connectivity index (χ0n) is 14.7. The van der Waals surface area contributed by atoms with Crippen molar-refractivity contribution in [1.29, 1.82) is 0 Å². The summed E-state index contributed by atoms with van der Waals surface area (Å²) in [6.07, 6.45) is 0. The summed E-state index contributed by atoms with van der Waals surface area (Å²) < 4.78 is 15.1. The Hall–Kier alpha value is -2.68. The van der Waals surface area contributed by atoms with E-state index in [-0.39, 0.29) is 30.0 Å². The Morgan fingerprint density at radius 3 is 2.85 bits per heavy atom. The van der Waals surface area contributed by atoms with Crippen LogP contribution < -0.4 is 10.8 Å². The number of imidazole rings is 1. The van der Waals surface area contributed by atoms with Gasteiger partial charge in [-0.3, -0.25) is 9.63 Å². The molecule has 0 atom stereocenters. The van der Waals surface area contributed by atoms with Crippen molar-refractivity contribution in [3.63, 3.8) is 0 Å². The molecule has 0 radical (unpaired) electrons. The maximum atomic E-state index is 15.1. The highest BCUT2D eigenvalue weighted by molar-refractivity contribution is 6.33. The van der Waals surface area contributed by atoms with Crippen molar-refractivity contribution in [2.24, 2.45) is 0 Å². The quantitative estimate of drug-likeness (QED) is 0.381. The fraction of sp³-hybridized carbons (Fsp3) is 0.222. The predicted molar refractivity (Wildman–Crippen MR) is 101 cm³/mol. The Balaban J connectivity index is 2.08. The number of anilines is 2. The highest BCUT2D eigenvalue weighted by atomic mass is 35.5. The van der Waals surface area contributed by atoms with E-state index in [1.54, 1.807) is 19.1 Å². The van der Waals surface area contributed by atoms with Crippen LogP contribution in [-0.2, 0) is 4.84 Å². The van der Waals surface area contributed by atoms with Crippen molar-refractivity contribution in [1.82, 2.24) is 15.4 Å². The molecule has 3 aromatic rings. The molecule has 27 heavy (non-hydrogen) atoms. The third-order valence-electron chi connectivity index (χ3n) is 3.82. The van der Waals surface area contributed by atoms with E-state index in [2.05, 4.69) is 20.8 Å². The average molecular weight is 393 g/mol. The van der Waals surface area contributed by atoms with Crippen LogP contribution in [0.2, 0.25) is 5.02 Å². The van der Waals surface area contributed by atoms with Crippen LogP contribution in [0.25, 0.3) is 11.0 Å². The fourth-order valence-electron chi connectivity index (χ4n) is 2.61. The lowest BCUT2D eigenvalue weighted by Gasteiger charge is -2.15. The predicted octanol–water partition coefficient (Wildman–Crippen LogP) is 3.37. The SMILES string of the molecule is Cc1ccc(Nc2c(C(=O)NOCCO)cc3[nH]c(C)nc3c2F)c(Cl)c1. The Morgan fingerprint density at radius 2 is 2.15 bits per heavy atom. The van der Waals surface area contributed by atoms with Gasteiger partial charge in [0.15, 0.2) is 5.82 Å². The molecule has 9 heteroatoms. The molecule has 1 heterocycles. The second kappa shape index (κ2) is 7.91. The number of aryl methyl sites for hydroxylation is 2. The molecule has 2 aromatic carbocycles. The van der Waals surface area contributed by atoms with E-state index in [4.69, 9.17) is 21.5 Å². The van der Waals surface area contributed by atoms with Crippen molar-refractivity contribution in [2.45, 2.75) is 13.8 Å². The Bertz CT molecular complexity index is 1010. The summed E-state index contributed by atoms with van der Waals surface area (Å²) in [5, 5.41) is 12.0. The molecule has 0 saturated heterocycles. The van der Waals surface area contributed by atoms with Crippen LogP contribution in [-0.4, -0.2) is 34.2 Å². The summed E-state index contributed by atoms with van der Waals surface area (Å²) in [5.41, 5.74) is 3.96. The first-order valence-corrected chi connectivity index (χ1v) is 8.53. The number of rotatable bonds is 6. The van der Waals surface area contributed by atoms with Gasteiger partial charge in [0.1, 0.15) is 11.3 Å². The number of aromatic amines is 1. The number of carbonyl (C=O) groups is 1. The number of aliphatic hydroxyl groups is 1. The smallest absolute Gasteiger partial charge is 0.277 e. The van der Waals surface area contributed by atoms with Crippen LogP contribution in [0.5, 0.6) is 0 Å². The molecular weight excluding hydrogens is 375 g/mol. The van der Waals surface area contributed by atoms with Gasteiger partial charge < -0.3 is 15.4 Å². The molecule has 0 saturated carbocycles. The van der Waals surface area contributed by atoms with Gasteiger partial charge in [-0.1, -0.05) is 17.7 Å². The van der Waals surface area contributed by atoms with Crippen molar-refractivity contribution < 1.29 is 19.1 Å². The van der Waals surface area contributed by atoms with Gasteiger partial charge >= 0.3 is 0 Å². The number of nitrogens with one attached hydrogen (secondary N) is 3. The Morgan fingerprint density at radius 1 is 1.37 bits per heavy atom. The Kier molecular flexibility index (Phi) is 5.59. The van der Waals surface area contributed by atoms with Crippen LogP contribution in [0.3, 0.4) is 0 Å². The summed E-state index contributed by atoms with van der Waals surface area (Å²) in [6, 6.07) is 6.71. The number of aromatic nitrogens is 2. The van der Waals surface area contributed by atoms with Gasteiger partial charge in [0.05, 0.1) is 40.7 Å². The maximum Gasteiger partial charge on any atom is 0.277 e. The van der Waals surface area contributed by atoms with Gasteiger partial charge in [-0.25, -0.2) is 14.9 Å². The first-order valence-electron chi connectivity index (χ1n) is 8.15. The molecule has 0 aliphatic carbocycles. The molecule has 0 unspecified atom stereocenters. The summed E-state index contributed by atoms with van der Waals surface area (Å²) in [5.74, 6) is -0.861. The summed E-state index contributed by atoms with van der Waals surface area (Å²) in [6.45, 7) is 3.21. The summed E-state index contributed by atoms with van der Waals surface area (Å²) >= 11 is 6.23. The molecular formula is C18H18ClFN4O3. The number of nitrogens with zero attached hydrogens (tertiary/aromatic N) is 1. The number of benzene rings is 2. The summed E-state index contributed by atoms with van der Waals surface area (Å²) in [4.78, 5) is 24.4. The van der Waals surface area contributed by atoms with E-state index in [1.807, 2.05) is 13.0 Å². The van der Waals surface area contributed by atoms with Gasteiger partial charge in [0.2, 0.25) is 0 Å².